The van der Waals surface area contributed by atoms with Crippen LogP contribution in [0.3, 0.4) is 0 Å². The number of halogens is 2. The van der Waals surface area contributed by atoms with Crippen molar-refractivity contribution >= 4 is 17.6 Å². The molecule has 172 valence electrons. The van der Waals surface area contributed by atoms with Crippen LogP contribution in [0.15, 0.2) is 48.5 Å². The molecule has 1 aliphatic carbocycles. The van der Waals surface area contributed by atoms with Gasteiger partial charge in [0.25, 0.3) is 0 Å². The molecule has 0 amide bonds. The number of piperidine rings is 1. The van der Waals surface area contributed by atoms with E-state index < -0.39 is 0 Å². The highest BCUT2D eigenvalue weighted by Crippen LogP contribution is 2.30. The van der Waals surface area contributed by atoms with Crippen LogP contribution in [-0.4, -0.2) is 30.5 Å². The molecule has 0 radical (unpaired) electrons. The van der Waals surface area contributed by atoms with E-state index in [0.717, 1.165) is 50.8 Å². The van der Waals surface area contributed by atoms with Gasteiger partial charge in [0.15, 0.2) is 0 Å². The van der Waals surface area contributed by atoms with Gasteiger partial charge >= 0.3 is 5.97 Å². The molecule has 0 spiro atoms. The molecule has 1 aliphatic heterocycles. The Hall–Kier alpha value is -1.91. The third-order valence-corrected chi connectivity index (χ3v) is 7.27. The summed E-state index contributed by atoms with van der Waals surface area (Å²) in [7, 11) is 0. The first-order valence-corrected chi connectivity index (χ1v) is 12.3. The van der Waals surface area contributed by atoms with Crippen LogP contribution in [0.1, 0.15) is 62.2 Å². The molecule has 2 aromatic rings. The quantitative estimate of drug-likeness (QED) is 0.418. The lowest BCUT2D eigenvalue weighted by molar-refractivity contribution is -0.151. The first-order valence-electron chi connectivity index (χ1n) is 12.0. The zero-order valence-electron chi connectivity index (χ0n) is 18.6. The number of hydrogen-bond donors (Lipinski definition) is 0. The van der Waals surface area contributed by atoms with E-state index in [1.807, 2.05) is 36.4 Å². The minimum atomic E-state index is -0.269. The third kappa shape index (κ3) is 6.79. The summed E-state index contributed by atoms with van der Waals surface area (Å²) in [6, 6.07) is 14.5. The van der Waals surface area contributed by atoms with E-state index in [-0.39, 0.29) is 17.9 Å². The Bertz CT molecular complexity index is 856. The minimum absolute atomic E-state index is 0.0805. The number of esters is 1. The highest BCUT2D eigenvalue weighted by molar-refractivity contribution is 6.30. The predicted octanol–water partition coefficient (Wildman–Crippen LogP) is 6.60. The second-order valence-corrected chi connectivity index (χ2v) is 9.90. The summed E-state index contributed by atoms with van der Waals surface area (Å²) in [5.41, 5.74) is 2.20. The Morgan fingerprint density at radius 3 is 2.28 bits per heavy atom. The monoisotopic (exact) mass is 457 g/mol. The second-order valence-electron chi connectivity index (χ2n) is 9.46. The molecule has 1 unspecified atom stereocenters. The Morgan fingerprint density at radius 1 is 0.969 bits per heavy atom. The maximum Gasteiger partial charge on any atom is 0.306 e. The summed E-state index contributed by atoms with van der Waals surface area (Å²) in [6.07, 6.45) is 8.19. The molecule has 3 nitrogen and oxygen atoms in total. The maximum absolute atomic E-state index is 13.2. The van der Waals surface area contributed by atoms with Gasteiger partial charge in [-0.2, -0.15) is 0 Å². The summed E-state index contributed by atoms with van der Waals surface area (Å²) in [4.78, 5) is 15.1. The smallest absolute Gasteiger partial charge is 0.306 e. The van der Waals surface area contributed by atoms with Gasteiger partial charge in [-0.15, -0.1) is 0 Å². The molecule has 1 saturated carbocycles. The largest absolute Gasteiger partial charge is 0.456 e. The number of carbonyl (C=O) groups excluding carboxylic acids is 1. The highest BCUT2D eigenvalue weighted by Gasteiger charge is 2.26. The van der Waals surface area contributed by atoms with Crippen molar-refractivity contribution < 1.29 is 13.9 Å². The van der Waals surface area contributed by atoms with Crippen LogP contribution < -0.4 is 0 Å². The van der Waals surface area contributed by atoms with Crippen molar-refractivity contribution in [2.75, 3.05) is 19.6 Å². The number of likely N-dealkylation sites (tertiary alicyclic amines) is 1. The van der Waals surface area contributed by atoms with Crippen LogP contribution in [0.5, 0.6) is 0 Å². The van der Waals surface area contributed by atoms with Crippen LogP contribution in [0, 0.1) is 17.7 Å². The van der Waals surface area contributed by atoms with Crippen molar-refractivity contribution in [1.29, 1.82) is 0 Å². The number of benzene rings is 2. The van der Waals surface area contributed by atoms with Crippen LogP contribution in [0.4, 0.5) is 4.39 Å². The zero-order chi connectivity index (χ0) is 22.3. The SMILES string of the molecule is O=C(CC1CCCC1)OC(CN1CCC(Cc2ccc(F)cc2)CC1)c1ccc(Cl)cc1. The van der Waals surface area contributed by atoms with E-state index in [0.29, 0.717) is 29.8 Å². The second kappa shape index (κ2) is 11.3. The van der Waals surface area contributed by atoms with Gasteiger partial charge in [-0.1, -0.05) is 48.7 Å². The van der Waals surface area contributed by atoms with Crippen LogP contribution >= 0.6 is 11.6 Å². The van der Waals surface area contributed by atoms with Crippen LogP contribution in [-0.2, 0) is 16.0 Å². The maximum atomic E-state index is 13.2. The number of carbonyl (C=O) groups is 1. The number of hydrogen-bond acceptors (Lipinski definition) is 3. The van der Waals surface area contributed by atoms with E-state index in [2.05, 4.69) is 4.90 Å². The van der Waals surface area contributed by atoms with Gasteiger partial charge in [-0.3, -0.25) is 9.69 Å². The summed E-state index contributed by atoms with van der Waals surface area (Å²) in [5, 5.41) is 0.686. The van der Waals surface area contributed by atoms with E-state index >= 15 is 0 Å². The molecule has 1 heterocycles. The molecule has 2 aromatic carbocycles. The molecule has 0 bridgehead atoms. The van der Waals surface area contributed by atoms with Crippen molar-refractivity contribution in [1.82, 2.24) is 4.90 Å². The standard InChI is InChI=1S/C27H33ClFNO2/c28-24-9-7-23(8-10-24)26(32-27(31)18-20-3-1-2-4-20)19-30-15-13-22(14-16-30)17-21-5-11-25(29)12-6-21/h5-12,20,22,26H,1-4,13-19H2. The number of ether oxygens (including phenoxy) is 1. The van der Waals surface area contributed by atoms with Gasteiger partial charge in [-0.25, -0.2) is 4.39 Å². The zero-order valence-corrected chi connectivity index (χ0v) is 19.4. The van der Waals surface area contributed by atoms with E-state index in [1.165, 1.54) is 18.4 Å². The van der Waals surface area contributed by atoms with Crippen molar-refractivity contribution in [3.63, 3.8) is 0 Å². The molecule has 2 fully saturated rings. The Kier molecular flexibility index (Phi) is 8.20. The van der Waals surface area contributed by atoms with Gasteiger partial charge in [-0.05, 0) is 92.4 Å². The average Bonchev–Trinajstić information content (AvgIpc) is 3.30. The Labute approximate surface area is 195 Å². The summed E-state index contributed by atoms with van der Waals surface area (Å²) < 4.78 is 19.2. The minimum Gasteiger partial charge on any atom is -0.456 e. The van der Waals surface area contributed by atoms with Crippen molar-refractivity contribution in [2.45, 2.75) is 57.5 Å². The molecule has 0 aromatic heterocycles. The van der Waals surface area contributed by atoms with Gasteiger partial charge in [0, 0.05) is 18.0 Å². The fourth-order valence-corrected chi connectivity index (χ4v) is 5.23. The molecule has 4 rings (SSSR count). The lowest BCUT2D eigenvalue weighted by atomic mass is 9.90. The third-order valence-electron chi connectivity index (χ3n) is 7.01. The number of nitrogens with zero attached hydrogens (tertiary/aromatic N) is 1. The fraction of sp³-hybridized carbons (Fsp3) is 0.519. The lowest BCUT2D eigenvalue weighted by Crippen LogP contribution is -2.38. The average molecular weight is 458 g/mol. The Morgan fingerprint density at radius 2 is 1.62 bits per heavy atom. The predicted molar refractivity (Wildman–Crippen MR) is 126 cm³/mol. The first-order chi connectivity index (χ1) is 15.5. The molecule has 0 N–H and O–H groups in total. The van der Waals surface area contributed by atoms with Crippen molar-refractivity contribution in [3.05, 3.63) is 70.5 Å². The first kappa shape index (κ1) is 23.3. The van der Waals surface area contributed by atoms with Crippen LogP contribution in [0.25, 0.3) is 0 Å². The topological polar surface area (TPSA) is 29.5 Å². The van der Waals surface area contributed by atoms with Gasteiger partial charge in [0.2, 0.25) is 0 Å². The highest BCUT2D eigenvalue weighted by atomic mass is 35.5. The van der Waals surface area contributed by atoms with E-state index in [1.54, 1.807) is 12.1 Å². The molecule has 1 saturated heterocycles. The summed E-state index contributed by atoms with van der Waals surface area (Å²) in [5.74, 6) is 0.827. The normalized spacial score (nSPS) is 19.2. The molecule has 2 aliphatic rings. The summed E-state index contributed by atoms with van der Waals surface area (Å²) >= 11 is 6.08. The van der Waals surface area contributed by atoms with E-state index in [4.69, 9.17) is 16.3 Å². The van der Waals surface area contributed by atoms with Gasteiger partial charge < -0.3 is 4.74 Å². The van der Waals surface area contributed by atoms with Crippen molar-refractivity contribution in [3.8, 4) is 0 Å². The summed E-state index contributed by atoms with van der Waals surface area (Å²) in [6.45, 7) is 2.67. The van der Waals surface area contributed by atoms with Gasteiger partial charge in [0.05, 0.1) is 0 Å². The lowest BCUT2D eigenvalue weighted by Gasteiger charge is -2.34. The number of rotatable bonds is 8. The van der Waals surface area contributed by atoms with Gasteiger partial charge in [0.1, 0.15) is 11.9 Å². The molecule has 5 heteroatoms. The van der Waals surface area contributed by atoms with Crippen LogP contribution in [0.2, 0.25) is 5.02 Å². The molecular formula is C27H33ClFNO2. The Balaban J connectivity index is 1.32. The van der Waals surface area contributed by atoms with E-state index in [9.17, 15) is 9.18 Å². The van der Waals surface area contributed by atoms with Crippen molar-refractivity contribution in [2.24, 2.45) is 11.8 Å². The molecule has 32 heavy (non-hydrogen) atoms. The molecule has 1 atom stereocenters. The molecular weight excluding hydrogens is 425 g/mol. The fourth-order valence-electron chi connectivity index (χ4n) is 5.11.